The van der Waals surface area contributed by atoms with Gasteiger partial charge in [-0.2, -0.15) is 5.10 Å². The second-order valence-electron chi connectivity index (χ2n) is 4.55. The topological polar surface area (TPSA) is 55.3 Å². The lowest BCUT2D eigenvalue weighted by molar-refractivity contribution is -0.133. The van der Waals surface area contributed by atoms with Gasteiger partial charge in [-0.1, -0.05) is 0 Å². The van der Waals surface area contributed by atoms with Crippen molar-refractivity contribution >= 4 is 17.5 Å². The van der Waals surface area contributed by atoms with Crippen LogP contribution in [0.5, 0.6) is 5.88 Å². The number of likely N-dealkylation sites (tertiary alicyclic amines) is 1. The fraction of sp³-hybridized carbons (Fsp3) is 0.615. The van der Waals surface area contributed by atoms with E-state index in [-0.39, 0.29) is 12.0 Å². The molecule has 0 saturated carbocycles. The van der Waals surface area contributed by atoms with Crippen molar-refractivity contribution in [2.45, 2.75) is 31.8 Å². The fourth-order valence-electron chi connectivity index (χ4n) is 2.12. The number of nitrogens with zero attached hydrogens (tertiary/aromatic N) is 3. The fourth-order valence-corrected chi connectivity index (χ4v) is 2.25. The minimum Gasteiger partial charge on any atom is -0.473 e. The summed E-state index contributed by atoms with van der Waals surface area (Å²) in [5, 5.41) is 7.68. The van der Waals surface area contributed by atoms with Crippen molar-refractivity contribution in [2.24, 2.45) is 0 Å². The van der Waals surface area contributed by atoms with Crippen molar-refractivity contribution in [3.05, 3.63) is 18.3 Å². The molecule has 1 aliphatic rings. The van der Waals surface area contributed by atoms with Crippen molar-refractivity contribution in [3.8, 4) is 5.88 Å². The summed E-state index contributed by atoms with van der Waals surface area (Å²) in [5.41, 5.74) is 0. The van der Waals surface area contributed by atoms with Gasteiger partial charge in [0.25, 0.3) is 0 Å². The molecule has 0 atom stereocenters. The highest BCUT2D eigenvalue weighted by molar-refractivity contribution is 6.17. The molecule has 5 nitrogen and oxygen atoms in total. The van der Waals surface area contributed by atoms with E-state index in [0.29, 0.717) is 18.2 Å². The number of piperidine rings is 1. The molecule has 104 valence electrons. The van der Waals surface area contributed by atoms with Crippen LogP contribution in [0.2, 0.25) is 0 Å². The van der Waals surface area contributed by atoms with Gasteiger partial charge in [0.2, 0.25) is 11.8 Å². The average molecular weight is 284 g/mol. The van der Waals surface area contributed by atoms with Crippen molar-refractivity contribution in [2.75, 3.05) is 19.0 Å². The Bertz CT molecular complexity index is 394. The standard InChI is InChI=1S/C13H18ClN3O2/c14-7-1-4-13(18)17-9-5-11(6-10-17)19-12-3-2-8-15-16-12/h2-3,8,11H,1,4-7,9-10H2. The molecule has 1 aromatic heterocycles. The zero-order valence-electron chi connectivity index (χ0n) is 10.8. The number of hydrogen-bond donors (Lipinski definition) is 0. The van der Waals surface area contributed by atoms with Gasteiger partial charge >= 0.3 is 0 Å². The zero-order valence-corrected chi connectivity index (χ0v) is 11.6. The molecule has 2 rings (SSSR count). The van der Waals surface area contributed by atoms with Crippen LogP contribution in [0, 0.1) is 0 Å². The van der Waals surface area contributed by atoms with Crippen LogP contribution in [0.4, 0.5) is 0 Å². The number of carbonyl (C=O) groups excluding carboxylic acids is 1. The molecule has 0 aliphatic carbocycles. The summed E-state index contributed by atoms with van der Waals surface area (Å²) in [5.74, 6) is 1.28. The number of ether oxygens (including phenoxy) is 1. The molecule has 1 amide bonds. The lowest BCUT2D eigenvalue weighted by Gasteiger charge is -2.31. The maximum absolute atomic E-state index is 11.8. The normalized spacial score (nSPS) is 16.4. The maximum Gasteiger partial charge on any atom is 0.233 e. The predicted molar refractivity (Wildman–Crippen MR) is 72.2 cm³/mol. The van der Waals surface area contributed by atoms with Gasteiger partial charge in [0, 0.05) is 50.5 Å². The first-order valence-electron chi connectivity index (χ1n) is 6.57. The molecule has 6 heteroatoms. The highest BCUT2D eigenvalue weighted by Crippen LogP contribution is 2.17. The molecule has 1 aromatic rings. The van der Waals surface area contributed by atoms with E-state index in [1.165, 1.54) is 0 Å². The van der Waals surface area contributed by atoms with Crippen LogP contribution in [0.15, 0.2) is 18.3 Å². The van der Waals surface area contributed by atoms with Gasteiger partial charge in [0.15, 0.2) is 0 Å². The van der Waals surface area contributed by atoms with Gasteiger partial charge in [0.05, 0.1) is 0 Å². The summed E-state index contributed by atoms with van der Waals surface area (Å²) in [6.07, 6.45) is 4.70. The molecular formula is C13H18ClN3O2. The van der Waals surface area contributed by atoms with Crippen molar-refractivity contribution < 1.29 is 9.53 Å². The molecule has 0 unspecified atom stereocenters. The SMILES string of the molecule is O=C(CCCCl)N1CCC(Oc2cccnn2)CC1. The first-order valence-corrected chi connectivity index (χ1v) is 7.11. The largest absolute Gasteiger partial charge is 0.473 e. The second-order valence-corrected chi connectivity index (χ2v) is 4.93. The summed E-state index contributed by atoms with van der Waals surface area (Å²) < 4.78 is 5.73. The highest BCUT2D eigenvalue weighted by atomic mass is 35.5. The van der Waals surface area contributed by atoms with Crippen molar-refractivity contribution in [3.63, 3.8) is 0 Å². The Hall–Kier alpha value is -1.36. The number of rotatable bonds is 5. The molecule has 0 radical (unpaired) electrons. The average Bonchev–Trinajstić information content (AvgIpc) is 2.46. The Kier molecular flexibility index (Phi) is 5.39. The Labute approximate surface area is 117 Å². The number of aromatic nitrogens is 2. The third-order valence-electron chi connectivity index (χ3n) is 3.15. The third kappa shape index (κ3) is 4.35. The van der Waals surface area contributed by atoms with Crippen LogP contribution < -0.4 is 4.74 Å². The van der Waals surface area contributed by atoms with Crippen LogP contribution in [0.3, 0.4) is 0 Å². The summed E-state index contributed by atoms with van der Waals surface area (Å²) in [4.78, 5) is 13.7. The Morgan fingerprint density at radius 1 is 1.47 bits per heavy atom. The molecule has 2 heterocycles. The molecular weight excluding hydrogens is 266 g/mol. The van der Waals surface area contributed by atoms with E-state index in [1.807, 2.05) is 4.90 Å². The van der Waals surface area contributed by atoms with E-state index in [0.717, 1.165) is 32.4 Å². The van der Waals surface area contributed by atoms with Crippen molar-refractivity contribution in [1.82, 2.24) is 15.1 Å². The predicted octanol–water partition coefficient (Wildman–Crippen LogP) is 1.87. The number of carbonyl (C=O) groups is 1. The molecule has 1 saturated heterocycles. The number of halogens is 1. The molecule has 1 fully saturated rings. The summed E-state index contributed by atoms with van der Waals surface area (Å²) in [6.45, 7) is 1.48. The minimum atomic E-state index is 0.119. The van der Waals surface area contributed by atoms with E-state index < -0.39 is 0 Å². The van der Waals surface area contributed by atoms with E-state index in [2.05, 4.69) is 10.2 Å². The summed E-state index contributed by atoms with van der Waals surface area (Å²) >= 11 is 5.59. The maximum atomic E-state index is 11.8. The zero-order chi connectivity index (χ0) is 13.5. The Balaban J connectivity index is 1.75. The van der Waals surface area contributed by atoms with E-state index in [4.69, 9.17) is 16.3 Å². The van der Waals surface area contributed by atoms with Crippen LogP contribution >= 0.6 is 11.6 Å². The molecule has 0 bridgehead atoms. The Morgan fingerprint density at radius 3 is 2.89 bits per heavy atom. The van der Waals surface area contributed by atoms with Crippen LogP contribution in [0.25, 0.3) is 0 Å². The lowest BCUT2D eigenvalue weighted by atomic mass is 10.1. The van der Waals surface area contributed by atoms with Gasteiger partial charge in [-0.3, -0.25) is 4.79 Å². The van der Waals surface area contributed by atoms with Gasteiger partial charge in [-0.15, -0.1) is 16.7 Å². The first-order chi connectivity index (χ1) is 9.29. The van der Waals surface area contributed by atoms with Crippen LogP contribution in [0.1, 0.15) is 25.7 Å². The number of amides is 1. The molecule has 1 aliphatic heterocycles. The van der Waals surface area contributed by atoms with Gasteiger partial charge in [-0.05, 0) is 12.5 Å². The van der Waals surface area contributed by atoms with Crippen LogP contribution in [-0.2, 0) is 4.79 Å². The molecule has 0 N–H and O–H groups in total. The first kappa shape index (κ1) is 14.1. The lowest BCUT2D eigenvalue weighted by Crippen LogP contribution is -2.41. The molecule has 19 heavy (non-hydrogen) atoms. The third-order valence-corrected chi connectivity index (χ3v) is 3.42. The minimum absolute atomic E-state index is 0.119. The quantitative estimate of drug-likeness (QED) is 0.774. The Morgan fingerprint density at radius 2 is 2.26 bits per heavy atom. The van der Waals surface area contributed by atoms with E-state index >= 15 is 0 Å². The summed E-state index contributed by atoms with van der Waals surface area (Å²) in [6, 6.07) is 3.60. The smallest absolute Gasteiger partial charge is 0.233 e. The van der Waals surface area contributed by atoms with Gasteiger partial charge in [-0.25, -0.2) is 0 Å². The number of hydrogen-bond acceptors (Lipinski definition) is 4. The van der Waals surface area contributed by atoms with E-state index in [1.54, 1.807) is 18.3 Å². The van der Waals surface area contributed by atoms with Crippen LogP contribution in [-0.4, -0.2) is 46.1 Å². The second kappa shape index (κ2) is 7.28. The monoisotopic (exact) mass is 283 g/mol. The van der Waals surface area contributed by atoms with Gasteiger partial charge < -0.3 is 9.64 Å². The summed E-state index contributed by atoms with van der Waals surface area (Å²) in [7, 11) is 0. The molecule has 0 aromatic carbocycles. The van der Waals surface area contributed by atoms with Crippen molar-refractivity contribution in [1.29, 1.82) is 0 Å². The number of alkyl halides is 1. The van der Waals surface area contributed by atoms with E-state index in [9.17, 15) is 4.79 Å². The molecule has 0 spiro atoms. The highest BCUT2D eigenvalue weighted by Gasteiger charge is 2.23. The van der Waals surface area contributed by atoms with Gasteiger partial charge in [0.1, 0.15) is 6.10 Å².